The summed E-state index contributed by atoms with van der Waals surface area (Å²) in [5.41, 5.74) is 1.43. The molecule has 162 valence electrons. The van der Waals surface area contributed by atoms with Gasteiger partial charge in [-0.1, -0.05) is 12.1 Å². The molecule has 0 radical (unpaired) electrons. The van der Waals surface area contributed by atoms with Crippen LogP contribution in [-0.2, 0) is 27.8 Å². The molecule has 0 spiro atoms. The summed E-state index contributed by atoms with van der Waals surface area (Å²) in [7, 11) is -1.12. The summed E-state index contributed by atoms with van der Waals surface area (Å²) in [5, 5.41) is 2.54. The van der Waals surface area contributed by atoms with Gasteiger partial charge < -0.3 is 14.5 Å². The Labute approximate surface area is 180 Å². The van der Waals surface area contributed by atoms with Crippen LogP contribution in [0.5, 0.6) is 0 Å². The second-order valence-electron chi connectivity index (χ2n) is 6.64. The van der Waals surface area contributed by atoms with E-state index in [1.807, 2.05) is 0 Å². The fraction of sp³-hybridized carbons (Fsp3) is 0.182. The number of nitrogens with one attached hydrogen (secondary N) is 1. The number of amides is 1. The molecule has 1 aromatic heterocycles. The highest BCUT2D eigenvalue weighted by Crippen LogP contribution is 2.22. The molecule has 8 nitrogen and oxygen atoms in total. The number of carbonyl (C=O) groups is 2. The average Bonchev–Trinajstić information content (AvgIpc) is 3.31. The SMILES string of the molecule is CNC(=O)c1ccc(CN(Cc2ccco2)S(=O)(=O)c2ccc(C(=O)OC)cc2)cc1. The first-order chi connectivity index (χ1) is 14.8. The van der Waals surface area contributed by atoms with Crippen LogP contribution in [-0.4, -0.2) is 38.8 Å². The minimum atomic E-state index is -3.91. The lowest BCUT2D eigenvalue weighted by Gasteiger charge is -2.21. The fourth-order valence-corrected chi connectivity index (χ4v) is 4.34. The molecule has 2 aromatic carbocycles. The van der Waals surface area contributed by atoms with E-state index < -0.39 is 16.0 Å². The van der Waals surface area contributed by atoms with Gasteiger partial charge in [0.25, 0.3) is 5.91 Å². The van der Waals surface area contributed by atoms with Crippen molar-refractivity contribution in [3.63, 3.8) is 0 Å². The monoisotopic (exact) mass is 442 g/mol. The zero-order valence-electron chi connectivity index (χ0n) is 17.1. The molecule has 0 fully saturated rings. The number of ether oxygens (including phenoxy) is 1. The van der Waals surface area contributed by atoms with Crippen LogP contribution in [0.25, 0.3) is 0 Å². The fourth-order valence-electron chi connectivity index (χ4n) is 2.94. The molecular formula is C22H22N2O6S. The normalized spacial score (nSPS) is 11.3. The van der Waals surface area contributed by atoms with E-state index in [0.717, 1.165) is 0 Å². The first-order valence-corrected chi connectivity index (χ1v) is 10.8. The van der Waals surface area contributed by atoms with Crippen LogP contribution in [0, 0.1) is 0 Å². The summed E-state index contributed by atoms with van der Waals surface area (Å²) in [6.07, 6.45) is 1.48. The topological polar surface area (TPSA) is 106 Å². The molecule has 9 heteroatoms. The Balaban J connectivity index is 1.90. The highest BCUT2D eigenvalue weighted by molar-refractivity contribution is 7.89. The zero-order chi connectivity index (χ0) is 22.4. The number of esters is 1. The van der Waals surface area contributed by atoms with Crippen molar-refractivity contribution >= 4 is 21.9 Å². The summed E-state index contributed by atoms with van der Waals surface area (Å²) in [4.78, 5) is 23.4. The van der Waals surface area contributed by atoms with Crippen molar-refractivity contribution in [3.05, 3.63) is 89.4 Å². The van der Waals surface area contributed by atoms with Gasteiger partial charge in [-0.05, 0) is 54.1 Å². The number of methoxy groups -OCH3 is 1. The van der Waals surface area contributed by atoms with Crippen molar-refractivity contribution in [2.45, 2.75) is 18.0 Å². The molecule has 3 rings (SSSR count). The van der Waals surface area contributed by atoms with E-state index in [9.17, 15) is 18.0 Å². The van der Waals surface area contributed by atoms with E-state index in [0.29, 0.717) is 16.9 Å². The Morgan fingerprint density at radius 3 is 2.16 bits per heavy atom. The molecule has 0 aliphatic heterocycles. The molecular weight excluding hydrogens is 420 g/mol. The summed E-state index contributed by atoms with van der Waals surface area (Å²) >= 11 is 0. The number of carbonyl (C=O) groups excluding carboxylic acids is 2. The lowest BCUT2D eigenvalue weighted by Crippen LogP contribution is -2.30. The van der Waals surface area contributed by atoms with Crippen molar-refractivity contribution in [1.82, 2.24) is 9.62 Å². The van der Waals surface area contributed by atoms with E-state index in [-0.39, 0.29) is 29.5 Å². The summed E-state index contributed by atoms with van der Waals surface area (Å²) in [6, 6.07) is 15.6. The van der Waals surface area contributed by atoms with Gasteiger partial charge in [0.1, 0.15) is 5.76 Å². The summed E-state index contributed by atoms with van der Waals surface area (Å²) in [6.45, 7) is 0.0844. The number of sulfonamides is 1. The van der Waals surface area contributed by atoms with Gasteiger partial charge in [-0.3, -0.25) is 4.79 Å². The molecule has 0 aliphatic rings. The molecule has 3 aromatic rings. The van der Waals surface area contributed by atoms with Crippen LogP contribution in [0.2, 0.25) is 0 Å². The molecule has 1 N–H and O–H groups in total. The minimum absolute atomic E-state index is 0.0191. The van der Waals surface area contributed by atoms with E-state index in [2.05, 4.69) is 10.1 Å². The molecule has 0 atom stereocenters. The zero-order valence-corrected chi connectivity index (χ0v) is 17.9. The Kier molecular flexibility index (Phi) is 6.88. The number of rotatable bonds is 8. The Morgan fingerprint density at radius 1 is 0.968 bits per heavy atom. The van der Waals surface area contributed by atoms with E-state index >= 15 is 0 Å². The molecule has 1 heterocycles. The van der Waals surface area contributed by atoms with Crippen LogP contribution < -0.4 is 5.32 Å². The predicted molar refractivity (Wildman–Crippen MR) is 113 cm³/mol. The first-order valence-electron chi connectivity index (χ1n) is 9.37. The minimum Gasteiger partial charge on any atom is -0.468 e. The van der Waals surface area contributed by atoms with Gasteiger partial charge in [0.05, 0.1) is 30.4 Å². The Morgan fingerprint density at radius 2 is 1.61 bits per heavy atom. The van der Waals surface area contributed by atoms with Crippen molar-refractivity contribution in [1.29, 1.82) is 0 Å². The molecule has 0 saturated carbocycles. The largest absolute Gasteiger partial charge is 0.468 e. The second-order valence-corrected chi connectivity index (χ2v) is 8.58. The summed E-state index contributed by atoms with van der Waals surface area (Å²) in [5.74, 6) is -0.290. The number of furan rings is 1. The Bertz CT molecular complexity index is 1140. The molecule has 0 saturated heterocycles. The third-order valence-corrected chi connectivity index (χ3v) is 6.43. The summed E-state index contributed by atoms with van der Waals surface area (Å²) < 4.78 is 37.9. The van der Waals surface area contributed by atoms with Gasteiger partial charge >= 0.3 is 5.97 Å². The number of nitrogens with zero attached hydrogens (tertiary/aromatic N) is 1. The highest BCUT2D eigenvalue weighted by atomic mass is 32.2. The van der Waals surface area contributed by atoms with Crippen molar-refractivity contribution in [3.8, 4) is 0 Å². The lowest BCUT2D eigenvalue weighted by atomic mass is 10.1. The average molecular weight is 442 g/mol. The quantitative estimate of drug-likeness (QED) is 0.538. The third-order valence-electron chi connectivity index (χ3n) is 4.63. The third kappa shape index (κ3) is 5.19. The molecule has 0 bridgehead atoms. The number of hydrogen-bond donors (Lipinski definition) is 1. The van der Waals surface area contributed by atoms with Gasteiger partial charge in [-0.2, -0.15) is 4.31 Å². The maximum Gasteiger partial charge on any atom is 0.337 e. The highest BCUT2D eigenvalue weighted by Gasteiger charge is 2.26. The smallest absolute Gasteiger partial charge is 0.337 e. The van der Waals surface area contributed by atoms with Crippen LogP contribution in [0.15, 0.2) is 76.2 Å². The van der Waals surface area contributed by atoms with Crippen LogP contribution >= 0.6 is 0 Å². The van der Waals surface area contributed by atoms with Gasteiger partial charge in [0, 0.05) is 19.2 Å². The van der Waals surface area contributed by atoms with Gasteiger partial charge in [-0.15, -0.1) is 0 Å². The van der Waals surface area contributed by atoms with Gasteiger partial charge in [-0.25, -0.2) is 13.2 Å². The first kappa shape index (κ1) is 22.3. The maximum atomic E-state index is 13.3. The maximum absolute atomic E-state index is 13.3. The van der Waals surface area contributed by atoms with Gasteiger partial charge in [0.2, 0.25) is 10.0 Å². The lowest BCUT2D eigenvalue weighted by molar-refractivity contribution is 0.0600. The van der Waals surface area contributed by atoms with E-state index in [1.165, 1.54) is 41.9 Å². The molecule has 0 aliphatic carbocycles. The van der Waals surface area contributed by atoms with Gasteiger partial charge in [0.15, 0.2) is 0 Å². The standard InChI is InChI=1S/C22H22N2O6S/c1-23-21(25)17-7-5-16(6-8-17)14-24(15-19-4-3-13-30-19)31(27,28)20-11-9-18(10-12-20)22(26)29-2/h3-13H,14-15H2,1-2H3,(H,23,25). The van der Waals surface area contributed by atoms with E-state index in [1.54, 1.807) is 43.4 Å². The van der Waals surface area contributed by atoms with Crippen molar-refractivity contribution in [2.24, 2.45) is 0 Å². The van der Waals surface area contributed by atoms with E-state index in [4.69, 9.17) is 4.42 Å². The molecule has 1 amide bonds. The van der Waals surface area contributed by atoms with Crippen molar-refractivity contribution in [2.75, 3.05) is 14.2 Å². The van der Waals surface area contributed by atoms with Crippen LogP contribution in [0.4, 0.5) is 0 Å². The second kappa shape index (κ2) is 9.59. The molecule has 0 unspecified atom stereocenters. The van der Waals surface area contributed by atoms with Crippen LogP contribution in [0.3, 0.4) is 0 Å². The Hall–Kier alpha value is -3.43. The number of benzene rings is 2. The predicted octanol–water partition coefficient (Wildman–Crippen LogP) is 2.82. The molecule has 31 heavy (non-hydrogen) atoms. The number of hydrogen-bond acceptors (Lipinski definition) is 6. The van der Waals surface area contributed by atoms with Crippen molar-refractivity contribution < 1.29 is 27.2 Å². The van der Waals surface area contributed by atoms with Crippen LogP contribution in [0.1, 0.15) is 32.0 Å².